The van der Waals surface area contributed by atoms with Gasteiger partial charge in [0.25, 0.3) is 0 Å². The molecular formula is C20H28N4O2. The molecule has 1 saturated heterocycles. The second kappa shape index (κ2) is 7.50. The molecule has 0 radical (unpaired) electrons. The summed E-state index contributed by atoms with van der Waals surface area (Å²) in [5.74, 6) is 1.02. The van der Waals surface area contributed by atoms with Crippen molar-refractivity contribution < 1.29 is 9.53 Å². The van der Waals surface area contributed by atoms with Crippen LogP contribution < -0.4 is 10.1 Å². The fraction of sp³-hybridized carbons (Fsp3) is 0.500. The van der Waals surface area contributed by atoms with Gasteiger partial charge >= 0.3 is 0 Å². The lowest BCUT2D eigenvalue weighted by Crippen LogP contribution is -2.36. The van der Waals surface area contributed by atoms with Crippen LogP contribution in [-0.2, 0) is 11.3 Å². The maximum absolute atomic E-state index is 12.2. The highest BCUT2D eigenvalue weighted by atomic mass is 16.5. The van der Waals surface area contributed by atoms with Crippen molar-refractivity contribution in [2.45, 2.75) is 39.8 Å². The van der Waals surface area contributed by atoms with Crippen molar-refractivity contribution >= 4 is 5.91 Å². The highest BCUT2D eigenvalue weighted by Gasteiger charge is 2.31. The number of nitrogens with zero attached hydrogens (tertiary/aromatic N) is 3. The van der Waals surface area contributed by atoms with Gasteiger partial charge in [-0.3, -0.25) is 4.79 Å². The highest BCUT2D eigenvalue weighted by molar-refractivity contribution is 5.79. The molecule has 1 fully saturated rings. The van der Waals surface area contributed by atoms with Crippen molar-refractivity contribution in [1.29, 1.82) is 0 Å². The Balaban J connectivity index is 1.58. The summed E-state index contributed by atoms with van der Waals surface area (Å²) in [7, 11) is 1.66. The summed E-state index contributed by atoms with van der Waals surface area (Å²) in [5.41, 5.74) is 2.12. The predicted octanol–water partition coefficient (Wildman–Crippen LogP) is 2.62. The Morgan fingerprint density at radius 3 is 2.81 bits per heavy atom. The summed E-state index contributed by atoms with van der Waals surface area (Å²) in [4.78, 5) is 14.2. The number of methoxy groups -OCH3 is 1. The first-order chi connectivity index (χ1) is 12.4. The van der Waals surface area contributed by atoms with Gasteiger partial charge in [0, 0.05) is 43.9 Å². The third kappa shape index (κ3) is 4.43. The van der Waals surface area contributed by atoms with E-state index in [1.807, 2.05) is 46.2 Å². The van der Waals surface area contributed by atoms with E-state index in [0.29, 0.717) is 13.0 Å². The minimum Gasteiger partial charge on any atom is -0.494 e. The van der Waals surface area contributed by atoms with E-state index in [9.17, 15) is 4.79 Å². The highest BCUT2D eigenvalue weighted by Crippen LogP contribution is 2.22. The molecule has 0 aliphatic carbocycles. The van der Waals surface area contributed by atoms with Crippen molar-refractivity contribution in [1.82, 2.24) is 20.0 Å². The third-order valence-electron chi connectivity index (χ3n) is 4.44. The number of carbonyl (C=O) groups excluding carboxylic acids is 1. The number of para-hydroxylation sites is 2. The largest absolute Gasteiger partial charge is 0.494 e. The summed E-state index contributed by atoms with van der Waals surface area (Å²) in [6.45, 7) is 8.75. The van der Waals surface area contributed by atoms with E-state index >= 15 is 0 Å². The molecule has 1 aliphatic rings. The number of hydrogen-bond donors (Lipinski definition) is 1. The van der Waals surface area contributed by atoms with Crippen LogP contribution in [-0.4, -0.2) is 46.8 Å². The summed E-state index contributed by atoms with van der Waals surface area (Å²) in [5, 5.41) is 7.93. The first-order valence-corrected chi connectivity index (χ1v) is 9.04. The van der Waals surface area contributed by atoms with Gasteiger partial charge in [0.05, 0.1) is 13.3 Å². The molecule has 6 nitrogen and oxygen atoms in total. The molecule has 0 bridgehead atoms. The third-order valence-corrected chi connectivity index (χ3v) is 4.44. The normalized spacial score (nSPS) is 17.8. The number of nitrogens with one attached hydrogen (secondary N) is 1. The Bertz CT molecular complexity index is 763. The first kappa shape index (κ1) is 18.5. The number of carbonyl (C=O) groups is 1. The lowest BCUT2D eigenvalue weighted by molar-refractivity contribution is -0.128. The number of benzene rings is 1. The number of ether oxygens (including phenoxy) is 1. The average Bonchev–Trinajstić information content (AvgIpc) is 3.19. The molecule has 1 N–H and O–H groups in total. The van der Waals surface area contributed by atoms with E-state index in [1.165, 1.54) is 0 Å². The standard InChI is InChI=1S/C20H28N4O2/c1-20(2,3)14-23-13-16(9-19(23)25)21-10-15-11-22-24(12-15)17-7-5-6-8-18(17)26-4/h5-8,11-12,16,21H,9-10,13-14H2,1-4H3/t16-/m1/s1. The Hall–Kier alpha value is -2.34. The average molecular weight is 356 g/mol. The van der Waals surface area contributed by atoms with Crippen molar-refractivity contribution in [3.05, 3.63) is 42.2 Å². The first-order valence-electron chi connectivity index (χ1n) is 9.04. The van der Waals surface area contributed by atoms with Crippen LogP contribution in [0.4, 0.5) is 0 Å². The summed E-state index contributed by atoms with van der Waals surface area (Å²) in [6, 6.07) is 7.99. The topological polar surface area (TPSA) is 59.4 Å². The number of aromatic nitrogens is 2. The van der Waals surface area contributed by atoms with Gasteiger partial charge in [-0.15, -0.1) is 0 Å². The number of amides is 1. The molecular weight excluding hydrogens is 328 g/mol. The molecule has 0 saturated carbocycles. The SMILES string of the molecule is COc1ccccc1-n1cc(CN[C@@H]2CC(=O)N(CC(C)(C)C)C2)cn1. The maximum Gasteiger partial charge on any atom is 0.224 e. The number of hydrogen-bond acceptors (Lipinski definition) is 4. The zero-order valence-corrected chi connectivity index (χ0v) is 16.0. The van der Waals surface area contributed by atoms with E-state index in [0.717, 1.165) is 30.1 Å². The molecule has 0 unspecified atom stereocenters. The summed E-state index contributed by atoms with van der Waals surface area (Å²) >= 11 is 0. The Morgan fingerprint density at radius 2 is 2.08 bits per heavy atom. The molecule has 0 spiro atoms. The van der Waals surface area contributed by atoms with Crippen LogP contribution in [0.2, 0.25) is 0 Å². The van der Waals surface area contributed by atoms with Crippen molar-refractivity contribution in [3.63, 3.8) is 0 Å². The van der Waals surface area contributed by atoms with Crippen molar-refractivity contribution in [2.75, 3.05) is 20.2 Å². The minimum absolute atomic E-state index is 0.125. The van der Waals surface area contributed by atoms with Gasteiger partial charge in [-0.25, -0.2) is 4.68 Å². The van der Waals surface area contributed by atoms with E-state index in [4.69, 9.17) is 4.74 Å². The van der Waals surface area contributed by atoms with Gasteiger partial charge in [-0.05, 0) is 17.5 Å². The molecule has 140 valence electrons. The smallest absolute Gasteiger partial charge is 0.224 e. The molecule has 6 heteroatoms. The van der Waals surface area contributed by atoms with Crippen LogP contribution >= 0.6 is 0 Å². The molecule has 26 heavy (non-hydrogen) atoms. The van der Waals surface area contributed by atoms with Gasteiger partial charge in [0.1, 0.15) is 11.4 Å². The van der Waals surface area contributed by atoms with Gasteiger partial charge in [-0.1, -0.05) is 32.9 Å². The van der Waals surface area contributed by atoms with E-state index in [-0.39, 0.29) is 17.4 Å². The summed E-state index contributed by atoms with van der Waals surface area (Å²) in [6.07, 6.45) is 4.41. The Labute approximate surface area is 155 Å². The Kier molecular flexibility index (Phi) is 5.32. The van der Waals surface area contributed by atoms with Crippen LogP contribution in [0.15, 0.2) is 36.7 Å². The van der Waals surface area contributed by atoms with Gasteiger partial charge < -0.3 is 15.0 Å². The fourth-order valence-electron chi connectivity index (χ4n) is 3.30. The van der Waals surface area contributed by atoms with Crippen molar-refractivity contribution in [3.8, 4) is 11.4 Å². The molecule has 1 amide bonds. The lowest BCUT2D eigenvalue weighted by Gasteiger charge is -2.26. The quantitative estimate of drug-likeness (QED) is 0.864. The molecule has 2 heterocycles. The molecule has 1 aromatic heterocycles. The van der Waals surface area contributed by atoms with Crippen LogP contribution in [0.3, 0.4) is 0 Å². The van der Waals surface area contributed by atoms with Crippen LogP contribution in [0.1, 0.15) is 32.8 Å². The zero-order chi connectivity index (χ0) is 18.7. The fourth-order valence-corrected chi connectivity index (χ4v) is 3.30. The second-order valence-electron chi connectivity index (χ2n) is 8.08. The monoisotopic (exact) mass is 356 g/mol. The minimum atomic E-state index is 0.125. The van der Waals surface area contributed by atoms with Gasteiger partial charge in [0.15, 0.2) is 0 Å². The van der Waals surface area contributed by atoms with Crippen LogP contribution in [0.5, 0.6) is 5.75 Å². The molecule has 1 atom stereocenters. The zero-order valence-electron chi connectivity index (χ0n) is 16.0. The number of likely N-dealkylation sites (tertiary alicyclic amines) is 1. The molecule has 3 rings (SSSR count). The van der Waals surface area contributed by atoms with E-state index < -0.39 is 0 Å². The maximum atomic E-state index is 12.2. The van der Waals surface area contributed by atoms with E-state index in [1.54, 1.807) is 7.11 Å². The van der Waals surface area contributed by atoms with Crippen LogP contribution in [0.25, 0.3) is 5.69 Å². The molecule has 2 aromatic rings. The second-order valence-corrected chi connectivity index (χ2v) is 8.08. The summed E-state index contributed by atoms with van der Waals surface area (Å²) < 4.78 is 7.22. The van der Waals surface area contributed by atoms with Crippen molar-refractivity contribution in [2.24, 2.45) is 5.41 Å². The van der Waals surface area contributed by atoms with E-state index in [2.05, 4.69) is 31.2 Å². The van der Waals surface area contributed by atoms with Gasteiger partial charge in [-0.2, -0.15) is 5.10 Å². The van der Waals surface area contributed by atoms with Gasteiger partial charge in [0.2, 0.25) is 5.91 Å². The lowest BCUT2D eigenvalue weighted by atomic mass is 9.96. The van der Waals surface area contributed by atoms with Crippen LogP contribution in [0, 0.1) is 5.41 Å². The Morgan fingerprint density at radius 1 is 1.31 bits per heavy atom. The number of rotatable bonds is 6. The molecule has 1 aromatic carbocycles. The molecule has 1 aliphatic heterocycles. The predicted molar refractivity (Wildman–Crippen MR) is 101 cm³/mol.